The predicted molar refractivity (Wildman–Crippen MR) is 103 cm³/mol. The smallest absolute Gasteiger partial charge is 0.203 e. The molecule has 0 aromatic heterocycles. The molecule has 0 amide bonds. The number of rotatable bonds is 6. The molecular formula is C17H17Cl3N2O3. The van der Waals surface area contributed by atoms with Gasteiger partial charge in [0.25, 0.3) is 0 Å². The van der Waals surface area contributed by atoms with Crippen molar-refractivity contribution in [2.24, 2.45) is 5.10 Å². The molecule has 0 bridgehead atoms. The highest BCUT2D eigenvalue weighted by Crippen LogP contribution is 2.38. The third-order valence-corrected chi connectivity index (χ3v) is 4.24. The number of ether oxygens (including phenoxy) is 3. The van der Waals surface area contributed by atoms with Crippen LogP contribution in [0.4, 0.5) is 5.69 Å². The lowest BCUT2D eigenvalue weighted by molar-refractivity contribution is 0.324. The van der Waals surface area contributed by atoms with Crippen LogP contribution >= 0.6 is 34.8 Å². The van der Waals surface area contributed by atoms with Crippen LogP contribution in [0.15, 0.2) is 29.4 Å². The normalized spacial score (nSPS) is 11.2. The molecule has 0 atom stereocenters. The Morgan fingerprint density at radius 1 is 0.880 bits per heavy atom. The minimum Gasteiger partial charge on any atom is -0.493 e. The Balaban J connectivity index is 2.37. The van der Waals surface area contributed by atoms with Gasteiger partial charge in [-0.05, 0) is 31.2 Å². The maximum atomic E-state index is 6.14. The fourth-order valence-electron chi connectivity index (χ4n) is 2.14. The summed E-state index contributed by atoms with van der Waals surface area (Å²) in [5.74, 6) is 1.58. The van der Waals surface area contributed by atoms with Crippen molar-refractivity contribution in [1.29, 1.82) is 0 Å². The molecule has 0 radical (unpaired) electrons. The molecule has 0 saturated carbocycles. The van der Waals surface area contributed by atoms with Crippen LogP contribution in [-0.2, 0) is 0 Å². The molecule has 0 aliphatic heterocycles. The van der Waals surface area contributed by atoms with Crippen molar-refractivity contribution in [3.8, 4) is 17.2 Å². The Morgan fingerprint density at radius 2 is 1.40 bits per heavy atom. The third-order valence-electron chi connectivity index (χ3n) is 3.42. The van der Waals surface area contributed by atoms with Crippen LogP contribution in [0.5, 0.6) is 17.2 Å². The van der Waals surface area contributed by atoms with Crippen molar-refractivity contribution in [2.75, 3.05) is 26.8 Å². The Labute approximate surface area is 161 Å². The number of hydrazone groups is 1. The lowest BCUT2D eigenvalue weighted by Crippen LogP contribution is -2.03. The highest BCUT2D eigenvalue weighted by molar-refractivity contribution is 6.41. The summed E-state index contributed by atoms with van der Waals surface area (Å²) in [7, 11) is 4.66. The first-order valence-corrected chi connectivity index (χ1v) is 8.29. The van der Waals surface area contributed by atoms with Gasteiger partial charge in [0.2, 0.25) is 5.75 Å². The minimum atomic E-state index is 0.374. The van der Waals surface area contributed by atoms with Crippen LogP contribution < -0.4 is 19.6 Å². The molecule has 0 fully saturated rings. The second-order valence-electron chi connectivity index (χ2n) is 4.97. The van der Waals surface area contributed by atoms with E-state index >= 15 is 0 Å². The van der Waals surface area contributed by atoms with Crippen LogP contribution in [0.25, 0.3) is 0 Å². The second kappa shape index (κ2) is 8.52. The van der Waals surface area contributed by atoms with Gasteiger partial charge in [-0.3, -0.25) is 5.43 Å². The lowest BCUT2D eigenvalue weighted by Gasteiger charge is -2.14. The van der Waals surface area contributed by atoms with Crippen molar-refractivity contribution < 1.29 is 14.2 Å². The van der Waals surface area contributed by atoms with Gasteiger partial charge in [-0.15, -0.1) is 0 Å². The SMILES string of the molecule is COc1cc(C(C)=NNc2c(Cl)cc(Cl)cc2Cl)cc(OC)c1OC. The van der Waals surface area contributed by atoms with Crippen LogP contribution in [0.3, 0.4) is 0 Å². The largest absolute Gasteiger partial charge is 0.493 e. The first-order valence-electron chi connectivity index (χ1n) is 7.16. The van der Waals surface area contributed by atoms with Gasteiger partial charge in [0.15, 0.2) is 11.5 Å². The Kier molecular flexibility index (Phi) is 6.64. The molecule has 1 N–H and O–H groups in total. The lowest BCUT2D eigenvalue weighted by atomic mass is 10.1. The number of anilines is 1. The Bertz CT molecular complexity index is 762. The van der Waals surface area contributed by atoms with Gasteiger partial charge in [0.05, 0.1) is 42.8 Å². The molecule has 0 heterocycles. The zero-order valence-electron chi connectivity index (χ0n) is 14.1. The standard InChI is InChI=1S/C17H17Cl3N2O3/c1-9(21-22-16-12(19)7-11(18)8-13(16)20)10-5-14(23-2)17(25-4)15(6-10)24-3/h5-8,22H,1-4H3. The highest BCUT2D eigenvalue weighted by atomic mass is 35.5. The topological polar surface area (TPSA) is 52.1 Å². The van der Waals surface area contributed by atoms with Gasteiger partial charge < -0.3 is 14.2 Å². The first kappa shape index (κ1) is 19.5. The van der Waals surface area contributed by atoms with Gasteiger partial charge in [-0.25, -0.2) is 0 Å². The molecule has 0 aliphatic rings. The summed E-state index contributed by atoms with van der Waals surface area (Å²) in [5.41, 5.74) is 4.78. The van der Waals surface area contributed by atoms with Crippen molar-refractivity contribution in [3.63, 3.8) is 0 Å². The molecule has 5 nitrogen and oxygen atoms in total. The molecule has 2 aromatic rings. The third kappa shape index (κ3) is 4.42. The van der Waals surface area contributed by atoms with Gasteiger partial charge >= 0.3 is 0 Å². The van der Waals surface area contributed by atoms with Crippen LogP contribution in [-0.4, -0.2) is 27.0 Å². The minimum absolute atomic E-state index is 0.374. The predicted octanol–water partition coefficient (Wildman–Crippen LogP) is 5.51. The molecule has 2 rings (SSSR count). The molecule has 134 valence electrons. The molecule has 25 heavy (non-hydrogen) atoms. The molecule has 0 aliphatic carbocycles. The Morgan fingerprint density at radius 3 is 1.84 bits per heavy atom. The summed E-state index contributed by atoms with van der Waals surface area (Å²) in [4.78, 5) is 0. The maximum Gasteiger partial charge on any atom is 0.203 e. The summed E-state index contributed by atoms with van der Waals surface area (Å²) in [6.07, 6.45) is 0. The molecular weight excluding hydrogens is 387 g/mol. The van der Waals surface area contributed by atoms with Crippen molar-refractivity contribution in [1.82, 2.24) is 0 Å². The van der Waals surface area contributed by atoms with Crippen molar-refractivity contribution in [3.05, 3.63) is 44.9 Å². The van der Waals surface area contributed by atoms with Crippen LogP contribution in [0, 0.1) is 0 Å². The zero-order chi connectivity index (χ0) is 18.6. The molecule has 8 heteroatoms. The molecule has 0 saturated heterocycles. The summed E-state index contributed by atoms with van der Waals surface area (Å²) in [6.45, 7) is 1.82. The van der Waals surface area contributed by atoms with Gasteiger partial charge in [0.1, 0.15) is 0 Å². The fourth-order valence-corrected chi connectivity index (χ4v) is 3.04. The quantitative estimate of drug-likeness (QED) is 0.510. The number of halogens is 3. The number of nitrogens with zero attached hydrogens (tertiary/aromatic N) is 1. The fraction of sp³-hybridized carbons (Fsp3) is 0.235. The van der Waals surface area contributed by atoms with Crippen LogP contribution in [0.1, 0.15) is 12.5 Å². The number of methoxy groups -OCH3 is 3. The van der Waals surface area contributed by atoms with Crippen molar-refractivity contribution in [2.45, 2.75) is 6.92 Å². The van der Waals surface area contributed by atoms with E-state index in [1.54, 1.807) is 45.6 Å². The maximum absolute atomic E-state index is 6.14. The van der Waals surface area contributed by atoms with Crippen molar-refractivity contribution >= 4 is 46.2 Å². The summed E-state index contributed by atoms with van der Waals surface area (Å²) in [6, 6.07) is 6.77. The van der Waals surface area contributed by atoms with E-state index in [4.69, 9.17) is 49.0 Å². The summed E-state index contributed by atoms with van der Waals surface area (Å²) < 4.78 is 16.0. The van der Waals surface area contributed by atoms with Crippen LogP contribution in [0.2, 0.25) is 15.1 Å². The summed E-state index contributed by atoms with van der Waals surface area (Å²) in [5, 5.41) is 5.52. The number of benzene rings is 2. The van der Waals surface area contributed by atoms with E-state index < -0.39 is 0 Å². The summed E-state index contributed by atoms with van der Waals surface area (Å²) >= 11 is 18.2. The average Bonchev–Trinajstić information content (AvgIpc) is 2.59. The average molecular weight is 404 g/mol. The molecule has 0 unspecified atom stereocenters. The van der Waals surface area contributed by atoms with E-state index in [0.717, 1.165) is 5.56 Å². The van der Waals surface area contributed by atoms with E-state index in [0.29, 0.717) is 43.7 Å². The first-order chi connectivity index (χ1) is 11.9. The molecule has 0 spiro atoms. The van der Waals surface area contributed by atoms with Gasteiger partial charge in [0, 0.05) is 10.6 Å². The zero-order valence-corrected chi connectivity index (χ0v) is 16.4. The van der Waals surface area contributed by atoms with E-state index in [9.17, 15) is 0 Å². The Hall–Kier alpha value is -1.82. The number of hydrogen-bond donors (Lipinski definition) is 1. The van der Waals surface area contributed by atoms with E-state index in [1.165, 1.54) is 0 Å². The van der Waals surface area contributed by atoms with E-state index in [1.807, 2.05) is 6.92 Å². The number of nitrogens with one attached hydrogen (secondary N) is 1. The van der Waals surface area contributed by atoms with E-state index in [-0.39, 0.29) is 0 Å². The van der Waals surface area contributed by atoms with E-state index in [2.05, 4.69) is 10.5 Å². The van der Waals surface area contributed by atoms with Gasteiger partial charge in [-0.1, -0.05) is 34.8 Å². The number of hydrogen-bond acceptors (Lipinski definition) is 5. The second-order valence-corrected chi connectivity index (χ2v) is 6.22. The molecule has 2 aromatic carbocycles. The van der Waals surface area contributed by atoms with Gasteiger partial charge in [-0.2, -0.15) is 5.10 Å². The monoisotopic (exact) mass is 402 g/mol. The highest BCUT2D eigenvalue weighted by Gasteiger charge is 2.15.